The summed E-state index contributed by atoms with van der Waals surface area (Å²) >= 11 is 0. The van der Waals surface area contributed by atoms with E-state index in [1.807, 2.05) is 97.9 Å². The van der Waals surface area contributed by atoms with Gasteiger partial charge < -0.3 is 0 Å². The fraction of sp³-hybridized carbons (Fsp3) is 0.0526. The summed E-state index contributed by atoms with van der Waals surface area (Å²) in [5.41, 5.74) is 0.917. The fourth-order valence-electron chi connectivity index (χ4n) is 0.962. The molecule has 0 spiro atoms. The molecule has 0 nitrogen and oxygen atoms in total. The summed E-state index contributed by atoms with van der Waals surface area (Å²) in [4.78, 5) is 0. The van der Waals surface area contributed by atoms with Gasteiger partial charge >= 0.3 is 31.1 Å². The van der Waals surface area contributed by atoms with Gasteiger partial charge in [-0.3, -0.25) is 0 Å². The number of hydrogen-bond donors (Lipinski definition) is 0. The zero-order chi connectivity index (χ0) is 14.2. The molecule has 102 valence electrons. The van der Waals surface area contributed by atoms with E-state index in [4.69, 9.17) is 0 Å². The quantitative estimate of drug-likeness (QED) is 0.361. The van der Waals surface area contributed by atoms with Gasteiger partial charge in [-0.1, -0.05) is 6.92 Å². The Kier molecular flexibility index (Phi) is 18.6. The van der Waals surface area contributed by atoms with Gasteiger partial charge in [-0.25, -0.2) is 55.5 Å². The molecule has 20 heavy (non-hydrogen) atoms. The predicted octanol–water partition coefficient (Wildman–Crippen LogP) is 5.61. The average Bonchev–Trinajstić information content (AvgIpc) is 3.18. The Balaban J connectivity index is 0. The van der Waals surface area contributed by atoms with Crippen molar-refractivity contribution in [3.63, 3.8) is 0 Å². The summed E-state index contributed by atoms with van der Waals surface area (Å²) in [6.07, 6.45) is 0. The van der Waals surface area contributed by atoms with Crippen molar-refractivity contribution in [1.82, 2.24) is 0 Å². The van der Waals surface area contributed by atoms with Crippen LogP contribution in [0.4, 0.5) is 0 Å². The van der Waals surface area contributed by atoms with E-state index in [9.17, 15) is 0 Å². The second-order valence-electron chi connectivity index (χ2n) is 3.84. The Morgan fingerprint density at radius 2 is 0.850 bits per heavy atom. The zero-order valence-corrected chi connectivity index (χ0v) is 16.2. The first-order valence-corrected chi connectivity index (χ1v) is 6.21. The molecule has 0 unspecified atom stereocenters. The molecule has 3 aromatic carbocycles. The monoisotopic (exact) mass is 488 g/mol. The van der Waals surface area contributed by atoms with Crippen LogP contribution in [0, 0.1) is 38.0 Å². The molecule has 0 aliphatic rings. The van der Waals surface area contributed by atoms with E-state index in [-0.39, 0.29) is 31.1 Å². The van der Waals surface area contributed by atoms with Gasteiger partial charge in [-0.05, 0) is 0 Å². The molecule has 0 fully saturated rings. The van der Waals surface area contributed by atoms with E-state index >= 15 is 0 Å². The van der Waals surface area contributed by atoms with Crippen LogP contribution in [0.15, 0.2) is 103 Å². The number of allylic oxidation sites excluding steroid dienone is 1. The fourth-order valence-corrected chi connectivity index (χ4v) is 0.962. The Morgan fingerprint density at radius 3 is 0.900 bits per heavy atom. The Bertz CT molecular complexity index is 312. The number of hydrogen-bond acceptors (Lipinski definition) is 0. The van der Waals surface area contributed by atoms with Crippen molar-refractivity contribution >= 4 is 0 Å². The molecule has 1 heteroatoms. The van der Waals surface area contributed by atoms with Gasteiger partial charge in [-0.2, -0.15) is 54.6 Å². The van der Waals surface area contributed by atoms with Crippen LogP contribution in [-0.4, -0.2) is 0 Å². The molecular formula is C19H22U. The van der Waals surface area contributed by atoms with Gasteiger partial charge in [0.2, 0.25) is 0 Å². The van der Waals surface area contributed by atoms with Crippen LogP contribution >= 0.6 is 0 Å². The topological polar surface area (TPSA) is 0 Å². The van der Waals surface area contributed by atoms with Crippen LogP contribution in [-0.2, 0) is 0 Å². The zero-order valence-electron chi connectivity index (χ0n) is 12.1. The summed E-state index contributed by atoms with van der Waals surface area (Å²) in [5.74, 6) is 0. The Labute approximate surface area is 147 Å². The molecule has 0 saturated heterocycles. The summed E-state index contributed by atoms with van der Waals surface area (Å²) in [6, 6.07) is 30.0. The summed E-state index contributed by atoms with van der Waals surface area (Å²) in [7, 11) is 0. The molecule has 0 aliphatic heterocycles. The second kappa shape index (κ2) is 17.7. The Morgan fingerprint density at radius 1 is 0.700 bits per heavy atom. The normalized spacial score (nSPS) is 7.25. The van der Waals surface area contributed by atoms with Gasteiger partial charge in [0.1, 0.15) is 0 Å². The molecule has 0 aromatic heterocycles. The van der Waals surface area contributed by atoms with Gasteiger partial charge in [0.05, 0.1) is 0 Å². The van der Waals surface area contributed by atoms with Gasteiger partial charge in [-0.15, -0.1) is 0 Å². The van der Waals surface area contributed by atoms with E-state index in [1.54, 1.807) is 0 Å². The van der Waals surface area contributed by atoms with E-state index < -0.39 is 0 Å². The summed E-state index contributed by atoms with van der Waals surface area (Å²) in [5, 5.41) is 0. The standard InChI is InChI=1S/3C5H5.C4H7.U/c3*1-2-4-5-3-1;1-4(2)3;/h3*1-5H;1-2H2,3H3;/q4*-1;+4. The van der Waals surface area contributed by atoms with Gasteiger partial charge in [0.25, 0.3) is 0 Å². The van der Waals surface area contributed by atoms with Crippen LogP contribution < -0.4 is 0 Å². The molecular weight excluding hydrogens is 466 g/mol. The third kappa shape index (κ3) is 21.9. The smallest absolute Gasteiger partial charge is 0.242 e. The minimum Gasteiger partial charge on any atom is -0.242 e. The maximum atomic E-state index is 3.44. The van der Waals surface area contributed by atoms with Crippen molar-refractivity contribution in [3.8, 4) is 0 Å². The van der Waals surface area contributed by atoms with Gasteiger partial charge in [0.15, 0.2) is 0 Å². The molecule has 0 bridgehead atoms. The van der Waals surface area contributed by atoms with Crippen LogP contribution in [0.1, 0.15) is 6.92 Å². The van der Waals surface area contributed by atoms with Crippen LogP contribution in [0.2, 0.25) is 0 Å². The van der Waals surface area contributed by atoms with Crippen molar-refractivity contribution in [3.05, 3.63) is 110 Å². The third-order valence-corrected chi connectivity index (χ3v) is 1.67. The van der Waals surface area contributed by atoms with Crippen LogP contribution in [0.5, 0.6) is 0 Å². The molecule has 0 atom stereocenters. The maximum absolute atomic E-state index is 3.44. The Hall–Kier alpha value is -1.29. The van der Waals surface area contributed by atoms with Crippen molar-refractivity contribution in [1.29, 1.82) is 0 Å². The molecule has 0 heterocycles. The first-order chi connectivity index (χ1) is 9.23. The van der Waals surface area contributed by atoms with E-state index in [2.05, 4.69) is 13.5 Å². The van der Waals surface area contributed by atoms with Crippen LogP contribution in [0.3, 0.4) is 0 Å². The first kappa shape index (κ1) is 21.0. The molecule has 0 N–H and O–H groups in total. The maximum Gasteiger partial charge on any atom is 4.00 e. The first-order valence-electron chi connectivity index (χ1n) is 6.21. The summed E-state index contributed by atoms with van der Waals surface area (Å²) in [6.45, 7) is 8.75. The van der Waals surface area contributed by atoms with E-state index in [1.165, 1.54) is 0 Å². The predicted molar refractivity (Wildman–Crippen MR) is 86.3 cm³/mol. The van der Waals surface area contributed by atoms with Crippen molar-refractivity contribution in [2.75, 3.05) is 0 Å². The molecule has 0 saturated carbocycles. The average molecular weight is 488 g/mol. The minimum atomic E-state index is 0. The van der Waals surface area contributed by atoms with Gasteiger partial charge in [0, 0.05) is 0 Å². The molecule has 0 amide bonds. The third-order valence-electron chi connectivity index (χ3n) is 1.67. The largest absolute Gasteiger partial charge is 4.00 e. The minimum absolute atomic E-state index is 0. The molecule has 3 aromatic rings. The second-order valence-corrected chi connectivity index (χ2v) is 3.84. The molecule has 3 rings (SSSR count). The molecule has 0 aliphatic carbocycles. The van der Waals surface area contributed by atoms with Crippen molar-refractivity contribution < 1.29 is 31.1 Å². The van der Waals surface area contributed by atoms with Crippen LogP contribution in [0.25, 0.3) is 0 Å². The van der Waals surface area contributed by atoms with Crippen molar-refractivity contribution in [2.45, 2.75) is 6.92 Å². The molecule has 0 radical (unpaired) electrons. The van der Waals surface area contributed by atoms with E-state index in [0.29, 0.717) is 0 Å². The van der Waals surface area contributed by atoms with E-state index in [0.717, 1.165) is 5.57 Å². The van der Waals surface area contributed by atoms with Crippen molar-refractivity contribution in [2.24, 2.45) is 0 Å². The SMILES string of the molecule is C=C([CH2-])C.[U+4].c1cc[cH-]c1.c1cc[cH-]c1.c1cc[cH-]c1. The summed E-state index contributed by atoms with van der Waals surface area (Å²) < 4.78 is 0. The number of rotatable bonds is 0.